The minimum absolute atomic E-state index is 0.0362. The number of aromatic nitrogens is 2. The van der Waals surface area contributed by atoms with Crippen LogP contribution in [0, 0.1) is 11.8 Å². The monoisotopic (exact) mass is 1400 g/mol. The zero-order valence-corrected chi connectivity index (χ0v) is 61.4. The summed E-state index contributed by atoms with van der Waals surface area (Å²) in [6, 6.07) is -1.39. The highest BCUT2D eigenvalue weighted by Gasteiger charge is 2.33. The van der Waals surface area contributed by atoms with Crippen LogP contribution in [0.4, 0.5) is 4.79 Å². The van der Waals surface area contributed by atoms with Crippen molar-refractivity contribution in [2.45, 2.75) is 248 Å². The van der Waals surface area contributed by atoms with Gasteiger partial charge >= 0.3 is 24.0 Å². The van der Waals surface area contributed by atoms with Crippen molar-refractivity contribution in [2.24, 2.45) is 11.8 Å². The van der Waals surface area contributed by atoms with E-state index in [0.29, 0.717) is 37.2 Å². The number of hydrogen-bond donors (Lipinski definition) is 6. The van der Waals surface area contributed by atoms with Crippen molar-refractivity contribution in [3.63, 3.8) is 0 Å². The van der Waals surface area contributed by atoms with Gasteiger partial charge in [-0.05, 0) is 90.3 Å². The first-order chi connectivity index (χ1) is 45.4. The van der Waals surface area contributed by atoms with Gasteiger partial charge in [0.25, 0.3) is 23.6 Å². The molecule has 0 radical (unpaired) electrons. The van der Waals surface area contributed by atoms with Crippen LogP contribution in [-0.2, 0) is 70.4 Å². The van der Waals surface area contributed by atoms with Crippen LogP contribution < -0.4 is 31.9 Å². The van der Waals surface area contributed by atoms with E-state index in [1.54, 1.807) is 79.7 Å². The van der Waals surface area contributed by atoms with Gasteiger partial charge in [0, 0.05) is 32.4 Å². The van der Waals surface area contributed by atoms with Crippen LogP contribution in [0.5, 0.6) is 0 Å². The maximum absolute atomic E-state index is 13.5. The fourth-order valence-electron chi connectivity index (χ4n) is 8.51. The lowest BCUT2D eigenvalue weighted by atomic mass is 10.0. The molecule has 0 unspecified atom stereocenters. The standard InChI is InChI=1S/C39H64N4O10SSi.C29H42N4O7S/c1-11-13-14-15-16-20-33(45)54-22-18-17-19-28(24-32(44)50-21-23-55(8,9)10)52-37(48)34(27(3)4)43-35(46)29(12-2)42-36(47)30-26-51-31(41-30)25-40-38(49)53-39(5,6)7;1-5-7-8-9-10-14-25(35)41-15-12-11-13-20-16-23(34)30-17-24-31-22(18-39-24)28(37)32-21(6-2)27(36)33-26(19(3)4)29(38)40-20/h12,17,19,26-28,34H,11,13-16,18,20-25H2,1-10H3,(H,40,49)(H,42,47)(H,43,46);6,11,13,18-20,26H,5,7-10,12,14-17H2,1-4H3,(H,30,34)(H,32,37)(H,33,36)/b19-17+,29-12-;13-11+,21-6-/t28-,34+;20-,26+/m11/s1. The van der Waals surface area contributed by atoms with Gasteiger partial charge in [-0.25, -0.2) is 24.4 Å². The number of unbranched alkanes of at least 4 members (excludes halogenated alkanes) is 8. The van der Waals surface area contributed by atoms with Crippen LogP contribution in [0.1, 0.15) is 212 Å². The van der Waals surface area contributed by atoms with Gasteiger partial charge in [0.15, 0.2) is 21.6 Å². The van der Waals surface area contributed by atoms with Gasteiger partial charge in [-0.15, -0.1) is 0 Å². The van der Waals surface area contributed by atoms with E-state index in [4.69, 9.17) is 27.8 Å². The minimum atomic E-state index is -1.45. The second-order valence-electron chi connectivity index (χ2n) is 25.7. The predicted molar refractivity (Wildman–Crippen MR) is 371 cm³/mol. The molecule has 0 aromatic carbocycles. The lowest BCUT2D eigenvalue weighted by Gasteiger charge is -2.24. The Morgan fingerprint density at radius 3 is 2.01 bits per heavy atom. The number of hydrogen-bond acceptors (Lipinski definition) is 21. The Morgan fingerprint density at radius 1 is 0.812 bits per heavy atom. The van der Waals surface area contributed by atoms with E-state index in [2.05, 4.69) is 75.4 Å². The van der Waals surface area contributed by atoms with E-state index in [-0.39, 0.29) is 83.2 Å². The molecular formula is C68H106N8O17S2Si. The third-order valence-corrected chi connectivity index (χ3v) is 17.6. The molecule has 2 aromatic rings. The van der Waals surface area contributed by atoms with Crippen molar-refractivity contribution < 1.29 is 80.5 Å². The fourth-order valence-corrected chi connectivity index (χ4v) is 10.8. The molecule has 0 saturated carbocycles. The van der Waals surface area contributed by atoms with Crippen LogP contribution in [0.2, 0.25) is 25.7 Å². The summed E-state index contributed by atoms with van der Waals surface area (Å²) in [5.41, 5.74) is -1.14. The Bertz CT molecular complexity index is 2960. The number of nitrogens with zero attached hydrogens (tertiary/aromatic N) is 2. The summed E-state index contributed by atoms with van der Waals surface area (Å²) in [4.78, 5) is 148. The van der Waals surface area contributed by atoms with E-state index >= 15 is 0 Å². The summed E-state index contributed by atoms with van der Waals surface area (Å²) in [5.74, 6) is -4.84. The Morgan fingerprint density at radius 2 is 1.44 bits per heavy atom. The molecule has 6 amide bonds. The summed E-state index contributed by atoms with van der Waals surface area (Å²) in [5, 5.41) is 15.6. The normalized spacial score (nSPS) is 16.2. The molecule has 28 heteroatoms. The van der Waals surface area contributed by atoms with E-state index < -0.39 is 97.4 Å². The first-order valence-corrected chi connectivity index (χ1v) is 39.0. The van der Waals surface area contributed by atoms with Gasteiger partial charge in [-0.3, -0.25) is 38.4 Å². The number of ether oxygens (including phenoxy) is 4. The molecule has 6 N–H and O–H groups in total. The van der Waals surface area contributed by atoms with E-state index in [9.17, 15) is 52.7 Å². The number of oxazole rings is 2. The zero-order chi connectivity index (χ0) is 71.8. The van der Waals surface area contributed by atoms with Gasteiger partial charge < -0.3 is 59.7 Å². The third kappa shape index (κ3) is 37.3. The lowest BCUT2D eigenvalue weighted by molar-refractivity contribution is -0.156. The number of rotatable bonds is 35. The van der Waals surface area contributed by atoms with Crippen LogP contribution in [-0.4, -0.2) is 130 Å². The molecule has 0 fully saturated rings. The number of amides is 6. The molecule has 0 spiro atoms. The number of alkyl carbamates (subject to hydrolysis) is 1. The molecule has 2 aromatic heterocycles. The highest BCUT2D eigenvalue weighted by atomic mass is 32.2. The molecule has 25 nitrogen and oxygen atoms in total. The largest absolute Gasteiger partial charge is 0.466 e. The summed E-state index contributed by atoms with van der Waals surface area (Å²) in [7, 11) is -1.45. The Labute approximate surface area is 576 Å². The fraction of sp³-hybridized carbons (Fsp3) is 0.632. The predicted octanol–water partition coefficient (Wildman–Crippen LogP) is 11.2. The summed E-state index contributed by atoms with van der Waals surface area (Å²) in [6.07, 6.45) is 21.8. The topological polar surface area (TPSA) is 349 Å². The molecular weight excluding hydrogens is 1290 g/mol. The second kappa shape index (κ2) is 46.0. The molecule has 3 heterocycles. The van der Waals surface area contributed by atoms with E-state index in [1.807, 2.05) is 0 Å². The number of carbonyl (C=O) groups excluding carboxylic acids is 11. The van der Waals surface area contributed by atoms with Gasteiger partial charge in [-0.1, -0.05) is 160 Å². The molecule has 0 saturated heterocycles. The van der Waals surface area contributed by atoms with Gasteiger partial charge in [0.1, 0.15) is 53.8 Å². The number of nitrogens with one attached hydrogen (secondary N) is 6. The minimum Gasteiger partial charge on any atom is -0.466 e. The summed E-state index contributed by atoms with van der Waals surface area (Å²) >= 11 is 2.54. The van der Waals surface area contributed by atoms with Crippen molar-refractivity contribution >= 4 is 95.4 Å². The van der Waals surface area contributed by atoms with Crippen molar-refractivity contribution in [3.05, 3.63) is 83.5 Å². The molecule has 2 bridgehead atoms. The molecule has 4 atom stereocenters. The van der Waals surface area contributed by atoms with Gasteiger partial charge in [-0.2, -0.15) is 0 Å². The SMILES string of the molecule is C/C=C(\NC(=O)c1coc(CNC(=O)OC(C)(C)C)n1)C(=O)N[C@H](C(=O)O[C@H](/C=C/CCSC(=O)CCCCCCC)CC(=O)OCC[Si](C)(C)C)C(C)C.C/C=C1\NC(=O)c2coc(n2)CNC(=O)C[C@@H](/C=C/CCSC(=O)CCCCCCC)OC(=O)[C@H](C(C)C)NC1=O. The third-order valence-electron chi connectivity index (χ3n) is 13.9. The second-order valence-corrected chi connectivity index (χ2v) is 33.6. The summed E-state index contributed by atoms with van der Waals surface area (Å²) in [6.45, 7) is 26.1. The maximum Gasteiger partial charge on any atom is 0.408 e. The van der Waals surface area contributed by atoms with Crippen molar-refractivity contribution in [3.8, 4) is 0 Å². The average Bonchev–Trinajstić information content (AvgIpc) is 1.52. The van der Waals surface area contributed by atoms with E-state index in [1.165, 1.54) is 61.9 Å². The number of thioether (sulfide) groups is 2. The molecule has 1 aliphatic heterocycles. The first kappa shape index (κ1) is 84.8. The number of allylic oxidation sites excluding steroid dienone is 4. The molecule has 3 rings (SSSR count). The zero-order valence-electron chi connectivity index (χ0n) is 58.8. The molecule has 0 aliphatic carbocycles. The molecule has 536 valence electrons. The van der Waals surface area contributed by atoms with E-state index in [0.717, 1.165) is 63.5 Å². The van der Waals surface area contributed by atoms with Crippen molar-refractivity contribution in [2.75, 3.05) is 18.1 Å². The van der Waals surface area contributed by atoms with Gasteiger partial charge in [0.05, 0.1) is 32.5 Å². The van der Waals surface area contributed by atoms with Crippen LogP contribution in [0.15, 0.2) is 69.2 Å². The number of fused-ring (bicyclic) bond motifs is 2. The Hall–Kier alpha value is -7.33. The lowest BCUT2D eigenvalue weighted by Crippen LogP contribution is -2.48. The maximum atomic E-state index is 13.5. The van der Waals surface area contributed by atoms with Gasteiger partial charge in [0.2, 0.25) is 17.7 Å². The van der Waals surface area contributed by atoms with Crippen molar-refractivity contribution in [1.29, 1.82) is 0 Å². The Balaban J connectivity index is 0.000000681. The molecule has 1 aliphatic rings. The van der Waals surface area contributed by atoms with Crippen LogP contribution >= 0.6 is 23.5 Å². The summed E-state index contributed by atoms with van der Waals surface area (Å²) < 4.78 is 32.6. The smallest absolute Gasteiger partial charge is 0.408 e. The quantitative estimate of drug-likeness (QED) is 0.00932. The number of esters is 3. The van der Waals surface area contributed by atoms with Crippen LogP contribution in [0.3, 0.4) is 0 Å². The highest BCUT2D eigenvalue weighted by molar-refractivity contribution is 8.13. The van der Waals surface area contributed by atoms with Crippen LogP contribution in [0.25, 0.3) is 0 Å². The number of cyclic esters (lactones) is 1. The van der Waals surface area contributed by atoms with Crippen molar-refractivity contribution in [1.82, 2.24) is 41.9 Å². The average molecular weight is 1400 g/mol. The first-order valence-electron chi connectivity index (χ1n) is 33.3. The number of carbonyl (C=O) groups is 11. The highest BCUT2D eigenvalue weighted by Crippen LogP contribution is 2.19. The Kier molecular flexibility index (Phi) is 40.6. The molecule has 96 heavy (non-hydrogen) atoms.